The maximum Gasteiger partial charge on any atom is 0.257 e. The number of aromatic nitrogens is 2. The molecule has 0 spiro atoms. The van der Waals surface area contributed by atoms with Crippen LogP contribution in [0, 0.1) is 6.92 Å². The topological polar surface area (TPSA) is 114 Å². The van der Waals surface area contributed by atoms with Gasteiger partial charge in [-0.1, -0.05) is 36.0 Å². The molecule has 0 saturated carbocycles. The van der Waals surface area contributed by atoms with Crippen molar-refractivity contribution in [1.29, 1.82) is 0 Å². The third-order valence-electron chi connectivity index (χ3n) is 5.46. The normalized spacial score (nSPS) is 15.1. The van der Waals surface area contributed by atoms with Crippen LogP contribution in [0.5, 0.6) is 17.2 Å². The van der Waals surface area contributed by atoms with Crippen molar-refractivity contribution in [3.8, 4) is 17.2 Å². The van der Waals surface area contributed by atoms with E-state index >= 15 is 0 Å². The standard InChI is InChI=1S/C23H23N3O5S/c1-12-6-4-5-7-13(12)11-32-23-25-21-19(22(29)26-23)15(10-18(27)24-21)14-8-16(30-2)20(28)17(9-14)31-3/h4-9,15,28H,10-11H2,1-3H3,(H2,24,25,26,27,29). The summed E-state index contributed by atoms with van der Waals surface area (Å²) in [4.78, 5) is 32.9. The molecule has 3 N–H and O–H groups in total. The van der Waals surface area contributed by atoms with Gasteiger partial charge in [0.2, 0.25) is 11.7 Å². The number of ether oxygens (including phenoxy) is 2. The summed E-state index contributed by atoms with van der Waals surface area (Å²) in [6.07, 6.45) is 0.0601. The molecule has 2 aromatic carbocycles. The summed E-state index contributed by atoms with van der Waals surface area (Å²) < 4.78 is 10.5. The number of phenols is 1. The van der Waals surface area contributed by atoms with Gasteiger partial charge in [0.05, 0.1) is 19.8 Å². The van der Waals surface area contributed by atoms with Gasteiger partial charge in [-0.05, 0) is 35.7 Å². The highest BCUT2D eigenvalue weighted by molar-refractivity contribution is 7.98. The smallest absolute Gasteiger partial charge is 0.257 e. The van der Waals surface area contributed by atoms with E-state index in [1.54, 1.807) is 12.1 Å². The number of anilines is 1. The number of fused-ring (bicyclic) bond motifs is 1. The lowest BCUT2D eigenvalue weighted by molar-refractivity contribution is -0.116. The van der Waals surface area contributed by atoms with E-state index in [0.29, 0.717) is 22.0 Å². The first-order valence-corrected chi connectivity index (χ1v) is 11.0. The Labute approximate surface area is 189 Å². The molecule has 32 heavy (non-hydrogen) atoms. The molecule has 1 amide bonds. The SMILES string of the molecule is COc1cc(C2CC(=O)Nc3nc(SCc4ccccc4C)[nH]c(=O)c32)cc(OC)c1O. The molecule has 1 aliphatic rings. The quantitative estimate of drug-likeness (QED) is 0.386. The van der Waals surface area contributed by atoms with Crippen molar-refractivity contribution in [3.05, 3.63) is 69.0 Å². The van der Waals surface area contributed by atoms with Crippen LogP contribution in [0.2, 0.25) is 0 Å². The lowest BCUT2D eigenvalue weighted by atomic mass is 9.86. The zero-order valence-electron chi connectivity index (χ0n) is 17.9. The number of amides is 1. The van der Waals surface area contributed by atoms with Crippen LogP contribution in [-0.2, 0) is 10.5 Å². The number of phenolic OH excluding ortho intramolecular Hbond substituents is 1. The molecule has 2 heterocycles. The first-order chi connectivity index (χ1) is 15.4. The number of carbonyl (C=O) groups is 1. The third kappa shape index (κ3) is 4.16. The summed E-state index contributed by atoms with van der Waals surface area (Å²) in [5.41, 5.74) is 2.95. The number of aryl methyl sites for hydroxylation is 1. The van der Waals surface area contributed by atoms with E-state index < -0.39 is 5.92 Å². The van der Waals surface area contributed by atoms with E-state index in [4.69, 9.17) is 9.47 Å². The molecule has 0 fully saturated rings. The largest absolute Gasteiger partial charge is 0.502 e. The van der Waals surface area contributed by atoms with Crippen LogP contribution in [0.3, 0.4) is 0 Å². The number of hydrogen-bond donors (Lipinski definition) is 3. The Bertz CT molecular complexity index is 1220. The average molecular weight is 454 g/mol. The van der Waals surface area contributed by atoms with Crippen LogP contribution in [0.15, 0.2) is 46.3 Å². The summed E-state index contributed by atoms with van der Waals surface area (Å²) in [6.45, 7) is 2.03. The van der Waals surface area contributed by atoms with Crippen molar-refractivity contribution in [2.24, 2.45) is 0 Å². The summed E-state index contributed by atoms with van der Waals surface area (Å²) in [5, 5.41) is 13.4. The Morgan fingerprint density at radius 2 is 1.84 bits per heavy atom. The Kier molecular flexibility index (Phi) is 6.09. The van der Waals surface area contributed by atoms with Gasteiger partial charge in [-0.15, -0.1) is 0 Å². The average Bonchev–Trinajstić information content (AvgIpc) is 2.78. The van der Waals surface area contributed by atoms with Gasteiger partial charge in [0.25, 0.3) is 5.56 Å². The Hall–Kier alpha value is -3.46. The predicted molar refractivity (Wildman–Crippen MR) is 122 cm³/mol. The van der Waals surface area contributed by atoms with E-state index in [2.05, 4.69) is 15.3 Å². The number of methoxy groups -OCH3 is 2. The monoisotopic (exact) mass is 453 g/mol. The van der Waals surface area contributed by atoms with Gasteiger partial charge in [0.15, 0.2) is 16.7 Å². The molecule has 0 aliphatic carbocycles. The van der Waals surface area contributed by atoms with Crippen LogP contribution >= 0.6 is 11.8 Å². The fraction of sp³-hybridized carbons (Fsp3) is 0.261. The number of H-pyrrole nitrogens is 1. The number of carbonyl (C=O) groups excluding carboxylic acids is 1. The van der Waals surface area contributed by atoms with Gasteiger partial charge in [-0.2, -0.15) is 0 Å². The minimum atomic E-state index is -0.561. The highest BCUT2D eigenvalue weighted by atomic mass is 32.2. The van der Waals surface area contributed by atoms with Crippen LogP contribution in [0.25, 0.3) is 0 Å². The van der Waals surface area contributed by atoms with Gasteiger partial charge < -0.3 is 24.9 Å². The maximum absolute atomic E-state index is 13.1. The number of rotatable bonds is 6. The van der Waals surface area contributed by atoms with E-state index in [-0.39, 0.29) is 41.0 Å². The van der Waals surface area contributed by atoms with E-state index in [0.717, 1.165) is 11.1 Å². The highest BCUT2D eigenvalue weighted by Crippen LogP contribution is 2.43. The lowest BCUT2D eigenvalue weighted by Gasteiger charge is -2.25. The van der Waals surface area contributed by atoms with Gasteiger partial charge in [0.1, 0.15) is 5.82 Å². The highest BCUT2D eigenvalue weighted by Gasteiger charge is 2.32. The van der Waals surface area contributed by atoms with Gasteiger partial charge in [-0.25, -0.2) is 4.98 Å². The minimum Gasteiger partial charge on any atom is -0.502 e. The van der Waals surface area contributed by atoms with Crippen molar-refractivity contribution >= 4 is 23.5 Å². The maximum atomic E-state index is 13.1. The first-order valence-electron chi connectivity index (χ1n) is 9.97. The molecule has 4 rings (SSSR count). The predicted octanol–water partition coefficient (Wildman–Crippen LogP) is 3.57. The van der Waals surface area contributed by atoms with Crippen LogP contribution in [0.1, 0.15) is 34.6 Å². The first kappa shape index (κ1) is 21.8. The number of benzene rings is 2. The summed E-state index contributed by atoms with van der Waals surface area (Å²) >= 11 is 1.40. The van der Waals surface area contributed by atoms with Crippen molar-refractivity contribution < 1.29 is 19.4 Å². The van der Waals surface area contributed by atoms with E-state index in [1.807, 2.05) is 31.2 Å². The molecule has 1 atom stereocenters. The Morgan fingerprint density at radius 3 is 2.50 bits per heavy atom. The summed E-state index contributed by atoms with van der Waals surface area (Å²) in [5.74, 6) is 0.319. The second-order valence-electron chi connectivity index (χ2n) is 7.43. The fourth-order valence-corrected chi connectivity index (χ4v) is 4.67. The van der Waals surface area contributed by atoms with Gasteiger partial charge >= 0.3 is 0 Å². The van der Waals surface area contributed by atoms with Crippen LogP contribution in [-0.4, -0.2) is 35.2 Å². The Balaban J connectivity index is 1.71. The van der Waals surface area contributed by atoms with Crippen molar-refractivity contribution in [2.75, 3.05) is 19.5 Å². The second kappa shape index (κ2) is 8.96. The number of nitrogens with zero attached hydrogens (tertiary/aromatic N) is 1. The lowest BCUT2D eigenvalue weighted by Crippen LogP contribution is -2.31. The van der Waals surface area contributed by atoms with E-state index in [1.165, 1.54) is 26.0 Å². The molecule has 1 aromatic heterocycles. The minimum absolute atomic E-state index is 0.0601. The number of aromatic hydroxyl groups is 1. The van der Waals surface area contributed by atoms with Gasteiger partial charge in [-0.3, -0.25) is 9.59 Å². The molecular formula is C23H23N3O5S. The molecule has 166 valence electrons. The molecule has 0 bridgehead atoms. The van der Waals surface area contributed by atoms with Crippen molar-refractivity contribution in [3.63, 3.8) is 0 Å². The third-order valence-corrected chi connectivity index (χ3v) is 6.38. The zero-order valence-corrected chi connectivity index (χ0v) is 18.7. The van der Waals surface area contributed by atoms with Gasteiger partial charge in [0, 0.05) is 18.1 Å². The molecular weight excluding hydrogens is 430 g/mol. The number of aromatic amines is 1. The van der Waals surface area contributed by atoms with Crippen LogP contribution < -0.4 is 20.3 Å². The number of thioether (sulfide) groups is 1. The van der Waals surface area contributed by atoms with Crippen LogP contribution in [0.4, 0.5) is 5.82 Å². The molecule has 0 radical (unpaired) electrons. The van der Waals surface area contributed by atoms with E-state index in [9.17, 15) is 14.7 Å². The zero-order chi connectivity index (χ0) is 22.8. The molecule has 1 aliphatic heterocycles. The molecule has 0 saturated heterocycles. The Morgan fingerprint density at radius 1 is 1.16 bits per heavy atom. The summed E-state index contributed by atoms with van der Waals surface area (Å²) in [7, 11) is 2.85. The molecule has 9 heteroatoms. The molecule has 8 nitrogen and oxygen atoms in total. The number of hydrogen-bond acceptors (Lipinski definition) is 7. The van der Waals surface area contributed by atoms with Crippen molar-refractivity contribution in [2.45, 2.75) is 30.2 Å². The fourth-order valence-electron chi connectivity index (χ4n) is 3.74. The van der Waals surface area contributed by atoms with Crippen molar-refractivity contribution in [1.82, 2.24) is 9.97 Å². The second-order valence-corrected chi connectivity index (χ2v) is 8.39. The molecule has 3 aromatic rings. The molecule has 1 unspecified atom stereocenters. The summed E-state index contributed by atoms with van der Waals surface area (Å²) in [6, 6.07) is 11.2. The number of nitrogens with one attached hydrogen (secondary N) is 2.